The zero-order valence-electron chi connectivity index (χ0n) is 6.71. The van der Waals surface area contributed by atoms with Crippen LogP contribution in [0.5, 0.6) is 0 Å². The van der Waals surface area contributed by atoms with Crippen molar-refractivity contribution in [2.75, 3.05) is 6.54 Å². The van der Waals surface area contributed by atoms with E-state index in [0.717, 1.165) is 18.4 Å². The minimum atomic E-state index is 0.781. The maximum absolute atomic E-state index is 5.57. The molecule has 1 saturated carbocycles. The second kappa shape index (κ2) is 2.61. The Morgan fingerprint density at radius 1 is 1.73 bits per heavy atom. The van der Waals surface area contributed by atoms with Gasteiger partial charge in [0.1, 0.15) is 0 Å². The van der Waals surface area contributed by atoms with Crippen LogP contribution in [-0.2, 0) is 0 Å². The lowest BCUT2D eigenvalue weighted by atomic mass is 10.2. The first-order valence-corrected chi connectivity index (χ1v) is 4.94. The van der Waals surface area contributed by atoms with Gasteiger partial charge in [-0.1, -0.05) is 0 Å². The van der Waals surface area contributed by atoms with Gasteiger partial charge in [-0.25, -0.2) is 0 Å². The van der Waals surface area contributed by atoms with Gasteiger partial charge < -0.3 is 5.73 Å². The number of nitrogens with two attached hydrogens (primary N) is 1. The van der Waals surface area contributed by atoms with E-state index >= 15 is 0 Å². The molecule has 2 atom stereocenters. The second-order valence-corrected chi connectivity index (χ2v) is 4.44. The fraction of sp³-hybridized carbons (Fsp3) is 0.556. The molecule has 1 aromatic heterocycles. The summed E-state index contributed by atoms with van der Waals surface area (Å²) < 4.78 is 0. The van der Waals surface area contributed by atoms with Crippen molar-refractivity contribution in [2.24, 2.45) is 11.7 Å². The average molecular weight is 167 g/mol. The molecule has 0 saturated heterocycles. The highest BCUT2D eigenvalue weighted by Crippen LogP contribution is 2.47. The van der Waals surface area contributed by atoms with E-state index in [-0.39, 0.29) is 0 Å². The molecule has 0 radical (unpaired) electrons. The quantitative estimate of drug-likeness (QED) is 0.717. The lowest BCUT2D eigenvalue weighted by Crippen LogP contribution is -2.01. The van der Waals surface area contributed by atoms with Crippen molar-refractivity contribution in [2.45, 2.75) is 19.3 Å². The highest BCUT2D eigenvalue weighted by atomic mass is 32.1. The monoisotopic (exact) mass is 167 g/mol. The molecule has 60 valence electrons. The first-order valence-electron chi connectivity index (χ1n) is 4.06. The number of rotatable bonds is 2. The number of aryl methyl sites for hydroxylation is 1. The van der Waals surface area contributed by atoms with E-state index in [1.54, 1.807) is 0 Å². The molecule has 0 amide bonds. The van der Waals surface area contributed by atoms with Crippen molar-refractivity contribution >= 4 is 11.3 Å². The molecular weight excluding hydrogens is 154 g/mol. The van der Waals surface area contributed by atoms with Gasteiger partial charge in [-0.05, 0) is 48.7 Å². The third-order valence-electron chi connectivity index (χ3n) is 2.40. The normalized spacial score (nSPS) is 28.9. The largest absolute Gasteiger partial charge is 0.330 e. The second-order valence-electron chi connectivity index (χ2n) is 3.33. The fourth-order valence-electron chi connectivity index (χ4n) is 1.57. The van der Waals surface area contributed by atoms with Gasteiger partial charge in [-0.2, -0.15) is 0 Å². The van der Waals surface area contributed by atoms with Crippen LogP contribution in [0.1, 0.15) is 22.8 Å². The Morgan fingerprint density at radius 2 is 2.55 bits per heavy atom. The Kier molecular flexibility index (Phi) is 1.74. The van der Waals surface area contributed by atoms with Gasteiger partial charge in [0.05, 0.1) is 0 Å². The summed E-state index contributed by atoms with van der Waals surface area (Å²) in [4.78, 5) is 1.42. The molecule has 0 spiro atoms. The molecular formula is C9H13NS. The molecule has 2 unspecified atom stereocenters. The van der Waals surface area contributed by atoms with Crippen LogP contribution in [0.15, 0.2) is 11.4 Å². The fourth-order valence-corrected chi connectivity index (χ4v) is 2.34. The number of thiophene rings is 1. The van der Waals surface area contributed by atoms with Crippen molar-refractivity contribution in [1.82, 2.24) is 0 Å². The lowest BCUT2D eigenvalue weighted by Gasteiger charge is -1.90. The van der Waals surface area contributed by atoms with Crippen LogP contribution < -0.4 is 5.73 Å². The molecule has 1 aliphatic carbocycles. The zero-order valence-corrected chi connectivity index (χ0v) is 7.53. The molecule has 0 aliphatic heterocycles. The summed E-state index contributed by atoms with van der Waals surface area (Å²) in [5.74, 6) is 1.58. The SMILES string of the molecule is Cc1cc(C2CC2CN)cs1. The summed E-state index contributed by atoms with van der Waals surface area (Å²) in [7, 11) is 0. The maximum atomic E-state index is 5.57. The molecule has 11 heavy (non-hydrogen) atoms. The highest BCUT2D eigenvalue weighted by Gasteiger charge is 2.37. The van der Waals surface area contributed by atoms with E-state index < -0.39 is 0 Å². The Bertz CT molecular complexity index is 254. The molecule has 1 fully saturated rings. The van der Waals surface area contributed by atoms with Gasteiger partial charge in [0.2, 0.25) is 0 Å². The minimum absolute atomic E-state index is 0.781. The standard InChI is InChI=1S/C9H13NS/c1-6-2-8(5-11-6)9-3-7(9)4-10/h2,5,7,9H,3-4,10H2,1H3. The van der Waals surface area contributed by atoms with E-state index in [9.17, 15) is 0 Å². The van der Waals surface area contributed by atoms with Crippen molar-refractivity contribution < 1.29 is 0 Å². The third kappa shape index (κ3) is 1.33. The Balaban J connectivity index is 2.08. The summed E-state index contributed by atoms with van der Waals surface area (Å²) >= 11 is 1.84. The summed E-state index contributed by atoms with van der Waals surface area (Å²) in [5.41, 5.74) is 7.09. The summed E-state index contributed by atoms with van der Waals surface area (Å²) in [6, 6.07) is 2.30. The third-order valence-corrected chi connectivity index (χ3v) is 3.28. The molecule has 1 heterocycles. The predicted octanol–water partition coefficient (Wildman–Crippen LogP) is 2.12. The van der Waals surface area contributed by atoms with Gasteiger partial charge in [0, 0.05) is 4.88 Å². The molecule has 0 aromatic carbocycles. The van der Waals surface area contributed by atoms with Crippen LogP contribution in [-0.4, -0.2) is 6.54 Å². The molecule has 0 bridgehead atoms. The first-order chi connectivity index (χ1) is 5.31. The topological polar surface area (TPSA) is 26.0 Å². The van der Waals surface area contributed by atoms with Gasteiger partial charge >= 0.3 is 0 Å². The number of hydrogen-bond donors (Lipinski definition) is 1. The van der Waals surface area contributed by atoms with Crippen LogP contribution in [0.3, 0.4) is 0 Å². The van der Waals surface area contributed by atoms with E-state index in [1.807, 2.05) is 11.3 Å². The van der Waals surface area contributed by atoms with Gasteiger partial charge in [0.25, 0.3) is 0 Å². The summed E-state index contributed by atoms with van der Waals surface area (Å²) in [5, 5.41) is 2.27. The van der Waals surface area contributed by atoms with Crippen molar-refractivity contribution in [3.05, 3.63) is 21.9 Å². The molecule has 1 nitrogen and oxygen atoms in total. The lowest BCUT2D eigenvalue weighted by molar-refractivity contribution is 0.811. The van der Waals surface area contributed by atoms with Gasteiger partial charge in [0.15, 0.2) is 0 Å². The molecule has 1 aliphatic rings. The van der Waals surface area contributed by atoms with Crippen LogP contribution in [0.25, 0.3) is 0 Å². The molecule has 2 N–H and O–H groups in total. The zero-order chi connectivity index (χ0) is 7.84. The van der Waals surface area contributed by atoms with Crippen LogP contribution >= 0.6 is 11.3 Å². The Hall–Kier alpha value is -0.340. The maximum Gasteiger partial charge on any atom is 0.00171 e. The van der Waals surface area contributed by atoms with Gasteiger partial charge in [-0.15, -0.1) is 11.3 Å². The predicted molar refractivity (Wildman–Crippen MR) is 49.0 cm³/mol. The number of hydrogen-bond acceptors (Lipinski definition) is 2. The molecule has 2 rings (SSSR count). The smallest absolute Gasteiger partial charge is 0.00171 e. The van der Waals surface area contributed by atoms with Gasteiger partial charge in [-0.3, -0.25) is 0 Å². The van der Waals surface area contributed by atoms with Crippen molar-refractivity contribution in [1.29, 1.82) is 0 Å². The van der Waals surface area contributed by atoms with Crippen LogP contribution in [0, 0.1) is 12.8 Å². The molecule has 1 aromatic rings. The van der Waals surface area contributed by atoms with E-state index in [0.29, 0.717) is 0 Å². The van der Waals surface area contributed by atoms with Crippen molar-refractivity contribution in [3.63, 3.8) is 0 Å². The first kappa shape index (κ1) is 7.32. The van der Waals surface area contributed by atoms with Crippen LogP contribution in [0.2, 0.25) is 0 Å². The summed E-state index contributed by atoms with van der Waals surface area (Å²) in [6.07, 6.45) is 1.31. The van der Waals surface area contributed by atoms with Crippen LogP contribution in [0.4, 0.5) is 0 Å². The molecule has 2 heteroatoms. The van der Waals surface area contributed by atoms with E-state index in [4.69, 9.17) is 5.73 Å². The van der Waals surface area contributed by atoms with E-state index in [2.05, 4.69) is 18.4 Å². The summed E-state index contributed by atoms with van der Waals surface area (Å²) in [6.45, 7) is 3.02. The Labute approximate surface area is 71.2 Å². The highest BCUT2D eigenvalue weighted by molar-refractivity contribution is 7.10. The van der Waals surface area contributed by atoms with Crippen molar-refractivity contribution in [3.8, 4) is 0 Å². The minimum Gasteiger partial charge on any atom is -0.330 e. The van der Waals surface area contributed by atoms with E-state index in [1.165, 1.54) is 16.9 Å². The Morgan fingerprint density at radius 3 is 3.00 bits per heavy atom. The average Bonchev–Trinajstić information content (AvgIpc) is 2.68.